The van der Waals surface area contributed by atoms with Gasteiger partial charge >= 0.3 is 0 Å². The maximum absolute atomic E-state index is 12.3. The van der Waals surface area contributed by atoms with Crippen molar-refractivity contribution < 1.29 is 22.7 Å². The van der Waals surface area contributed by atoms with Crippen molar-refractivity contribution in [2.24, 2.45) is 0 Å². The molecular weight excluding hydrogens is 418 g/mol. The molecule has 2 N–H and O–H groups in total. The van der Waals surface area contributed by atoms with E-state index in [4.69, 9.17) is 16.3 Å². The number of methoxy groups -OCH3 is 1. The Balaban J connectivity index is 2.03. The minimum Gasteiger partial charge on any atom is -0.495 e. The summed E-state index contributed by atoms with van der Waals surface area (Å²) in [6, 6.07) is 10.8. The van der Waals surface area contributed by atoms with Crippen LogP contribution in [0.3, 0.4) is 0 Å². The molecule has 2 amide bonds. The van der Waals surface area contributed by atoms with Crippen molar-refractivity contribution in [3.05, 3.63) is 53.1 Å². The van der Waals surface area contributed by atoms with Crippen molar-refractivity contribution >= 4 is 39.1 Å². The number of carbonyl (C=O) groups excluding carboxylic acids is 2. The van der Waals surface area contributed by atoms with E-state index in [9.17, 15) is 18.0 Å². The summed E-state index contributed by atoms with van der Waals surface area (Å²) in [5.74, 6) is -0.488. The molecule has 0 aliphatic carbocycles. The van der Waals surface area contributed by atoms with Gasteiger partial charge in [0.15, 0.2) is 0 Å². The number of sulfonamides is 1. The van der Waals surface area contributed by atoms with E-state index in [2.05, 4.69) is 10.6 Å². The van der Waals surface area contributed by atoms with Gasteiger partial charge in [0.25, 0.3) is 5.91 Å². The maximum Gasteiger partial charge on any atom is 0.252 e. The number of anilines is 1. The van der Waals surface area contributed by atoms with Crippen LogP contribution in [0.5, 0.6) is 5.75 Å². The third-order valence-corrected chi connectivity index (χ3v) is 6.12. The molecule has 0 aromatic heterocycles. The van der Waals surface area contributed by atoms with Crippen LogP contribution < -0.4 is 15.4 Å². The molecule has 0 aliphatic heterocycles. The molecule has 0 spiro atoms. The zero-order chi connectivity index (χ0) is 21.6. The molecule has 0 saturated carbocycles. The minimum absolute atomic E-state index is 0.0191. The molecular formula is C19H22ClN3O5S. The highest BCUT2D eigenvalue weighted by atomic mass is 35.5. The van der Waals surface area contributed by atoms with Gasteiger partial charge in [-0.15, -0.1) is 0 Å². The number of nitrogens with one attached hydrogen (secondary N) is 2. The van der Waals surface area contributed by atoms with Crippen LogP contribution >= 0.6 is 11.6 Å². The summed E-state index contributed by atoms with van der Waals surface area (Å²) >= 11 is 5.97. The van der Waals surface area contributed by atoms with Gasteiger partial charge < -0.3 is 15.4 Å². The molecule has 0 radical (unpaired) electrons. The topological polar surface area (TPSA) is 105 Å². The summed E-state index contributed by atoms with van der Waals surface area (Å²) in [6.45, 7) is 0.0773. The Labute approximate surface area is 174 Å². The van der Waals surface area contributed by atoms with Gasteiger partial charge in [-0.1, -0.05) is 23.7 Å². The number of hydrogen-bond donors (Lipinski definition) is 2. The van der Waals surface area contributed by atoms with E-state index >= 15 is 0 Å². The molecule has 0 fully saturated rings. The molecule has 10 heteroatoms. The van der Waals surface area contributed by atoms with Crippen LogP contribution in [0.2, 0.25) is 5.02 Å². The summed E-state index contributed by atoms with van der Waals surface area (Å²) < 4.78 is 30.8. The Hall–Kier alpha value is -2.62. The molecule has 8 nitrogen and oxygen atoms in total. The van der Waals surface area contributed by atoms with Crippen LogP contribution in [0.4, 0.5) is 5.69 Å². The molecule has 0 saturated heterocycles. The lowest BCUT2D eigenvalue weighted by atomic mass is 10.2. The number of halogens is 1. The molecule has 0 atom stereocenters. The first kappa shape index (κ1) is 22.7. The quantitative estimate of drug-likeness (QED) is 0.657. The van der Waals surface area contributed by atoms with Crippen LogP contribution in [0.15, 0.2) is 47.4 Å². The molecule has 29 heavy (non-hydrogen) atoms. The molecule has 0 heterocycles. The average molecular weight is 440 g/mol. The third kappa shape index (κ3) is 5.69. The SMILES string of the molecule is COc1ccc(S(=O)(=O)N(C)C)cc1NC(=O)CCNC(=O)c1ccccc1Cl. The second kappa shape index (κ2) is 9.73. The van der Waals surface area contributed by atoms with E-state index in [0.717, 1.165) is 4.31 Å². The van der Waals surface area contributed by atoms with E-state index in [1.54, 1.807) is 24.3 Å². The van der Waals surface area contributed by atoms with Gasteiger partial charge in [-0.25, -0.2) is 12.7 Å². The van der Waals surface area contributed by atoms with E-state index in [0.29, 0.717) is 16.3 Å². The number of rotatable bonds is 8. The molecule has 0 aliphatic rings. The Bertz CT molecular complexity index is 1010. The Morgan fingerprint density at radius 1 is 1.14 bits per heavy atom. The van der Waals surface area contributed by atoms with Gasteiger partial charge in [0.1, 0.15) is 5.75 Å². The van der Waals surface area contributed by atoms with Gasteiger partial charge in [0.2, 0.25) is 15.9 Å². The fraction of sp³-hybridized carbons (Fsp3) is 0.263. The van der Waals surface area contributed by atoms with Crippen molar-refractivity contribution in [1.82, 2.24) is 9.62 Å². The average Bonchev–Trinajstić information content (AvgIpc) is 2.68. The van der Waals surface area contributed by atoms with Gasteiger partial charge in [-0.2, -0.15) is 0 Å². The molecule has 156 valence electrons. The first-order valence-electron chi connectivity index (χ1n) is 8.60. The lowest BCUT2D eigenvalue weighted by molar-refractivity contribution is -0.116. The summed E-state index contributed by atoms with van der Waals surface area (Å²) in [5.41, 5.74) is 0.538. The molecule has 2 aromatic carbocycles. The highest BCUT2D eigenvalue weighted by molar-refractivity contribution is 7.89. The number of ether oxygens (including phenoxy) is 1. The van der Waals surface area contributed by atoms with E-state index in [1.165, 1.54) is 39.4 Å². The number of amides is 2. The summed E-state index contributed by atoms with van der Waals surface area (Å²) in [7, 11) is 0.578. The van der Waals surface area contributed by atoms with Gasteiger partial charge in [-0.3, -0.25) is 9.59 Å². The number of nitrogens with zero attached hydrogens (tertiary/aromatic N) is 1. The Morgan fingerprint density at radius 3 is 2.45 bits per heavy atom. The summed E-state index contributed by atoms with van der Waals surface area (Å²) in [5, 5.41) is 5.55. The van der Waals surface area contributed by atoms with Crippen molar-refractivity contribution in [3.8, 4) is 5.75 Å². The van der Waals surface area contributed by atoms with Crippen LogP contribution in [0, 0.1) is 0 Å². The smallest absolute Gasteiger partial charge is 0.252 e. The van der Waals surface area contributed by atoms with Gasteiger partial charge in [-0.05, 0) is 30.3 Å². The zero-order valence-electron chi connectivity index (χ0n) is 16.2. The van der Waals surface area contributed by atoms with Crippen molar-refractivity contribution in [1.29, 1.82) is 0 Å². The highest BCUT2D eigenvalue weighted by Gasteiger charge is 2.20. The highest BCUT2D eigenvalue weighted by Crippen LogP contribution is 2.28. The second-order valence-electron chi connectivity index (χ2n) is 6.18. The van der Waals surface area contributed by atoms with Crippen LogP contribution in [0.1, 0.15) is 16.8 Å². The van der Waals surface area contributed by atoms with Gasteiger partial charge in [0, 0.05) is 27.1 Å². The minimum atomic E-state index is -3.67. The van der Waals surface area contributed by atoms with Crippen LogP contribution in [0.25, 0.3) is 0 Å². The maximum atomic E-state index is 12.3. The zero-order valence-corrected chi connectivity index (χ0v) is 17.8. The lowest BCUT2D eigenvalue weighted by Gasteiger charge is -2.15. The first-order chi connectivity index (χ1) is 13.7. The monoisotopic (exact) mass is 439 g/mol. The number of hydrogen-bond acceptors (Lipinski definition) is 5. The first-order valence-corrected chi connectivity index (χ1v) is 10.4. The van der Waals surface area contributed by atoms with Crippen molar-refractivity contribution in [2.45, 2.75) is 11.3 Å². The predicted molar refractivity (Wildman–Crippen MR) is 111 cm³/mol. The van der Waals surface area contributed by atoms with Crippen LogP contribution in [-0.4, -0.2) is 52.3 Å². The van der Waals surface area contributed by atoms with Crippen LogP contribution in [-0.2, 0) is 14.8 Å². The van der Waals surface area contributed by atoms with Crippen molar-refractivity contribution in [2.75, 3.05) is 33.1 Å². The molecule has 2 aromatic rings. The Morgan fingerprint density at radius 2 is 1.83 bits per heavy atom. The number of carbonyl (C=O) groups is 2. The van der Waals surface area contributed by atoms with E-state index < -0.39 is 15.9 Å². The standard InChI is InChI=1S/C19H22ClN3O5S/c1-23(2)29(26,27)13-8-9-17(28-3)16(12-13)22-18(24)10-11-21-19(25)14-6-4-5-7-15(14)20/h4-9,12H,10-11H2,1-3H3,(H,21,25)(H,22,24). The second-order valence-corrected chi connectivity index (χ2v) is 8.74. The molecule has 0 bridgehead atoms. The Kier molecular flexibility index (Phi) is 7.60. The van der Waals surface area contributed by atoms with E-state index in [-0.39, 0.29) is 29.5 Å². The fourth-order valence-corrected chi connectivity index (χ4v) is 3.55. The van der Waals surface area contributed by atoms with Gasteiger partial charge in [0.05, 0.1) is 28.3 Å². The summed E-state index contributed by atoms with van der Waals surface area (Å²) in [4.78, 5) is 24.4. The number of benzene rings is 2. The fourth-order valence-electron chi connectivity index (χ4n) is 2.40. The third-order valence-electron chi connectivity index (χ3n) is 3.98. The predicted octanol–water partition coefficient (Wildman–Crippen LogP) is 2.36. The normalized spacial score (nSPS) is 11.2. The lowest BCUT2D eigenvalue weighted by Crippen LogP contribution is -2.28. The molecule has 0 unspecified atom stereocenters. The molecule has 2 rings (SSSR count). The van der Waals surface area contributed by atoms with E-state index in [1.807, 2.05) is 0 Å². The largest absolute Gasteiger partial charge is 0.495 e. The van der Waals surface area contributed by atoms with Crippen molar-refractivity contribution in [3.63, 3.8) is 0 Å². The summed E-state index contributed by atoms with van der Waals surface area (Å²) in [6.07, 6.45) is -0.0238.